The average Bonchev–Trinajstić information content (AvgIpc) is 2.67. The minimum atomic E-state index is -0.495. The van der Waals surface area contributed by atoms with Gasteiger partial charge in [0.05, 0.1) is 19.2 Å². The standard InChI is InChI=1S/C20H15Cl3FNO3/c1-25-9-13(10-6-15(27-2)18(22)16(7-10)28-3)17(19(23)20(25)26)12-5-4-11(24)8-14(12)21/h4-9H,1-3H3. The van der Waals surface area contributed by atoms with Crippen LogP contribution < -0.4 is 15.0 Å². The van der Waals surface area contributed by atoms with Crippen molar-refractivity contribution in [3.8, 4) is 33.8 Å². The first kappa shape index (κ1) is 20.5. The van der Waals surface area contributed by atoms with Crippen molar-refractivity contribution in [1.29, 1.82) is 0 Å². The summed E-state index contributed by atoms with van der Waals surface area (Å²) in [6.45, 7) is 0. The van der Waals surface area contributed by atoms with Crippen LogP contribution in [0.4, 0.5) is 4.39 Å². The molecule has 8 heteroatoms. The van der Waals surface area contributed by atoms with Gasteiger partial charge in [-0.3, -0.25) is 4.79 Å². The van der Waals surface area contributed by atoms with Crippen LogP contribution in [0.3, 0.4) is 0 Å². The first-order valence-corrected chi connectivity index (χ1v) is 9.18. The van der Waals surface area contributed by atoms with Crippen LogP contribution >= 0.6 is 34.8 Å². The van der Waals surface area contributed by atoms with Crippen molar-refractivity contribution in [3.63, 3.8) is 0 Å². The highest BCUT2D eigenvalue weighted by molar-refractivity contribution is 6.37. The fraction of sp³-hybridized carbons (Fsp3) is 0.150. The van der Waals surface area contributed by atoms with Gasteiger partial charge in [0.25, 0.3) is 5.56 Å². The molecule has 1 heterocycles. The third-order valence-electron chi connectivity index (χ3n) is 4.28. The highest BCUT2D eigenvalue weighted by atomic mass is 35.5. The molecule has 1 aromatic heterocycles. The predicted octanol–water partition coefficient (Wildman–Crippen LogP) is 5.84. The van der Waals surface area contributed by atoms with E-state index in [9.17, 15) is 9.18 Å². The molecule has 4 nitrogen and oxygen atoms in total. The third-order valence-corrected chi connectivity index (χ3v) is 5.31. The molecule has 0 bridgehead atoms. The van der Waals surface area contributed by atoms with Gasteiger partial charge >= 0.3 is 0 Å². The molecule has 0 unspecified atom stereocenters. The van der Waals surface area contributed by atoms with E-state index in [1.165, 1.54) is 30.9 Å². The lowest BCUT2D eigenvalue weighted by atomic mass is 9.95. The molecule has 0 amide bonds. The summed E-state index contributed by atoms with van der Waals surface area (Å²) in [4.78, 5) is 12.5. The van der Waals surface area contributed by atoms with Gasteiger partial charge in [-0.05, 0) is 35.9 Å². The molecule has 0 radical (unpaired) electrons. The lowest BCUT2D eigenvalue weighted by molar-refractivity contribution is 0.395. The maximum Gasteiger partial charge on any atom is 0.269 e. The number of hydrogen-bond acceptors (Lipinski definition) is 3. The predicted molar refractivity (Wildman–Crippen MR) is 111 cm³/mol. The fourth-order valence-electron chi connectivity index (χ4n) is 2.90. The quantitative estimate of drug-likeness (QED) is 0.510. The lowest BCUT2D eigenvalue weighted by Gasteiger charge is -2.17. The molecule has 28 heavy (non-hydrogen) atoms. The van der Waals surface area contributed by atoms with E-state index in [1.54, 1.807) is 25.4 Å². The number of nitrogens with zero attached hydrogens (tertiary/aromatic N) is 1. The molecule has 146 valence electrons. The molecule has 0 fully saturated rings. The highest BCUT2D eigenvalue weighted by Crippen LogP contribution is 2.44. The lowest BCUT2D eigenvalue weighted by Crippen LogP contribution is -2.18. The second kappa shape index (κ2) is 8.03. The molecule has 0 aliphatic rings. The van der Waals surface area contributed by atoms with Crippen molar-refractivity contribution in [1.82, 2.24) is 4.57 Å². The number of aromatic nitrogens is 1. The van der Waals surface area contributed by atoms with Crippen LogP contribution in [0.2, 0.25) is 15.1 Å². The van der Waals surface area contributed by atoms with Gasteiger partial charge in [0.1, 0.15) is 27.4 Å². The first-order chi connectivity index (χ1) is 13.3. The number of hydrogen-bond donors (Lipinski definition) is 0. The largest absolute Gasteiger partial charge is 0.495 e. The minimum absolute atomic E-state index is 0.0404. The van der Waals surface area contributed by atoms with E-state index >= 15 is 0 Å². The van der Waals surface area contributed by atoms with E-state index in [-0.39, 0.29) is 10.0 Å². The van der Waals surface area contributed by atoms with Gasteiger partial charge in [0.15, 0.2) is 0 Å². The Labute approximate surface area is 176 Å². The van der Waals surface area contributed by atoms with Gasteiger partial charge in [0, 0.05) is 29.9 Å². The molecular formula is C20H15Cl3FNO3. The van der Waals surface area contributed by atoms with E-state index in [0.717, 1.165) is 6.07 Å². The van der Waals surface area contributed by atoms with Crippen LogP contribution in [0.15, 0.2) is 41.3 Å². The van der Waals surface area contributed by atoms with Gasteiger partial charge in [-0.2, -0.15) is 0 Å². The molecule has 0 aliphatic carbocycles. The van der Waals surface area contributed by atoms with E-state index in [4.69, 9.17) is 44.3 Å². The monoisotopic (exact) mass is 441 g/mol. The van der Waals surface area contributed by atoms with Gasteiger partial charge in [-0.1, -0.05) is 34.8 Å². The van der Waals surface area contributed by atoms with Crippen molar-refractivity contribution in [2.24, 2.45) is 7.05 Å². The Hall–Kier alpha value is -2.21. The van der Waals surface area contributed by atoms with Crippen molar-refractivity contribution < 1.29 is 13.9 Å². The fourth-order valence-corrected chi connectivity index (χ4v) is 3.76. The van der Waals surface area contributed by atoms with Gasteiger partial charge < -0.3 is 14.0 Å². The van der Waals surface area contributed by atoms with Crippen molar-refractivity contribution in [2.75, 3.05) is 14.2 Å². The highest BCUT2D eigenvalue weighted by Gasteiger charge is 2.21. The third kappa shape index (κ3) is 3.58. The number of methoxy groups -OCH3 is 2. The number of halogens is 4. The van der Waals surface area contributed by atoms with Gasteiger partial charge in [-0.25, -0.2) is 4.39 Å². The Morgan fingerprint density at radius 3 is 2.07 bits per heavy atom. The van der Waals surface area contributed by atoms with Crippen molar-refractivity contribution in [2.45, 2.75) is 0 Å². The number of ether oxygens (including phenoxy) is 2. The second-order valence-corrected chi connectivity index (χ2v) is 7.13. The summed E-state index contributed by atoms with van der Waals surface area (Å²) in [6, 6.07) is 7.29. The van der Waals surface area contributed by atoms with E-state index < -0.39 is 11.4 Å². The van der Waals surface area contributed by atoms with Crippen LogP contribution in [-0.4, -0.2) is 18.8 Å². The summed E-state index contributed by atoms with van der Waals surface area (Å²) in [7, 11) is 4.55. The molecule has 0 saturated heterocycles. The van der Waals surface area contributed by atoms with Crippen molar-refractivity contribution in [3.05, 3.63) is 67.8 Å². The van der Waals surface area contributed by atoms with Crippen LogP contribution in [0, 0.1) is 5.82 Å². The molecule has 0 atom stereocenters. The Kier molecular flexibility index (Phi) is 5.89. The normalized spacial score (nSPS) is 10.8. The Balaban J connectivity index is 2.41. The zero-order valence-electron chi connectivity index (χ0n) is 15.1. The smallest absolute Gasteiger partial charge is 0.269 e. The summed E-state index contributed by atoms with van der Waals surface area (Å²) in [5, 5.41) is 0.400. The van der Waals surface area contributed by atoms with E-state index in [1.807, 2.05) is 0 Å². The maximum atomic E-state index is 13.5. The maximum absolute atomic E-state index is 13.5. The molecular weight excluding hydrogens is 428 g/mol. The SMILES string of the molecule is COc1cc(-c2cn(C)c(=O)c(Cl)c2-c2ccc(F)cc2Cl)cc(OC)c1Cl. The molecule has 3 rings (SSSR count). The molecule has 0 spiro atoms. The molecule has 2 aromatic carbocycles. The van der Waals surface area contributed by atoms with E-state index in [2.05, 4.69) is 0 Å². The topological polar surface area (TPSA) is 40.5 Å². The number of aryl methyl sites for hydroxylation is 1. The van der Waals surface area contributed by atoms with Gasteiger partial charge in [0.2, 0.25) is 0 Å². The van der Waals surface area contributed by atoms with Crippen molar-refractivity contribution >= 4 is 34.8 Å². The summed E-state index contributed by atoms with van der Waals surface area (Å²) in [5.41, 5.74) is 1.60. The zero-order valence-corrected chi connectivity index (χ0v) is 17.4. The van der Waals surface area contributed by atoms with Crippen LogP contribution in [0.25, 0.3) is 22.3 Å². The summed E-state index contributed by atoms with van der Waals surface area (Å²) in [6.07, 6.45) is 1.62. The summed E-state index contributed by atoms with van der Waals surface area (Å²) >= 11 is 18.9. The van der Waals surface area contributed by atoms with Gasteiger partial charge in [-0.15, -0.1) is 0 Å². The van der Waals surface area contributed by atoms with Crippen LogP contribution in [-0.2, 0) is 7.05 Å². The van der Waals surface area contributed by atoms with E-state index in [0.29, 0.717) is 38.8 Å². The Bertz CT molecular complexity index is 1100. The molecule has 0 aliphatic heterocycles. The Morgan fingerprint density at radius 1 is 0.929 bits per heavy atom. The van der Waals surface area contributed by atoms with Crippen LogP contribution in [0.5, 0.6) is 11.5 Å². The molecule has 0 N–H and O–H groups in total. The number of rotatable bonds is 4. The summed E-state index contributed by atoms with van der Waals surface area (Å²) in [5.74, 6) is 0.277. The second-order valence-electron chi connectivity index (χ2n) is 5.97. The average molecular weight is 443 g/mol. The summed E-state index contributed by atoms with van der Waals surface area (Å²) < 4.78 is 25.6. The number of pyridine rings is 1. The minimum Gasteiger partial charge on any atom is -0.495 e. The Morgan fingerprint density at radius 2 is 1.54 bits per heavy atom. The zero-order chi connectivity index (χ0) is 20.6. The van der Waals surface area contributed by atoms with Crippen LogP contribution in [0.1, 0.15) is 0 Å². The molecule has 0 saturated carbocycles. The molecule has 3 aromatic rings. The number of benzene rings is 2. The first-order valence-electron chi connectivity index (χ1n) is 8.05.